The standard InChI is InChI=1S/C25H35FN4O3S2/c1-3-4-5-6-7-16-34-24-11-8-19(17-22(24)26)28-25(31)21-18-20(30-14-12-27-13-15-30)9-10-23(21)29-35(2,32)33/h8-11,17-18,27,29H,3-7,12-16H2,1-2H3,(H,28,31). The van der Waals surface area contributed by atoms with Crippen LogP contribution in [-0.2, 0) is 10.0 Å². The molecule has 7 nitrogen and oxygen atoms in total. The summed E-state index contributed by atoms with van der Waals surface area (Å²) in [7, 11) is -3.59. The van der Waals surface area contributed by atoms with Crippen LogP contribution in [0.15, 0.2) is 41.3 Å². The number of carbonyl (C=O) groups excluding carboxylic acids is 1. The predicted molar refractivity (Wildman–Crippen MR) is 144 cm³/mol. The number of nitrogens with one attached hydrogen (secondary N) is 3. The second kappa shape index (κ2) is 13.1. The van der Waals surface area contributed by atoms with Crippen molar-refractivity contribution in [2.75, 3.05) is 53.1 Å². The highest BCUT2D eigenvalue weighted by Crippen LogP contribution is 2.28. The quantitative estimate of drug-likeness (QED) is 0.271. The number of halogens is 1. The molecule has 1 heterocycles. The molecule has 192 valence electrons. The molecule has 0 aliphatic carbocycles. The molecule has 1 saturated heterocycles. The van der Waals surface area contributed by atoms with Gasteiger partial charge in [-0.05, 0) is 48.6 Å². The fourth-order valence-electron chi connectivity index (χ4n) is 3.91. The molecule has 2 aromatic carbocycles. The van der Waals surface area contributed by atoms with E-state index >= 15 is 0 Å². The third-order valence-electron chi connectivity index (χ3n) is 5.72. The molecule has 0 atom stereocenters. The summed E-state index contributed by atoms with van der Waals surface area (Å²) in [5.74, 6) is -0.0413. The predicted octanol–water partition coefficient (Wildman–Crippen LogP) is 4.92. The van der Waals surface area contributed by atoms with Crippen molar-refractivity contribution in [3.8, 4) is 0 Å². The van der Waals surface area contributed by atoms with Crippen molar-refractivity contribution >= 4 is 44.8 Å². The average Bonchev–Trinajstić information content (AvgIpc) is 2.82. The summed E-state index contributed by atoms with van der Waals surface area (Å²) in [5, 5.41) is 6.00. The third-order valence-corrected chi connectivity index (χ3v) is 7.45. The Kier molecular flexibility index (Phi) is 10.2. The van der Waals surface area contributed by atoms with Gasteiger partial charge in [0.2, 0.25) is 10.0 Å². The Bertz CT molecular complexity index is 1110. The van der Waals surface area contributed by atoms with E-state index < -0.39 is 15.9 Å². The molecule has 0 saturated carbocycles. The Morgan fingerprint density at radius 1 is 1.09 bits per heavy atom. The lowest BCUT2D eigenvalue weighted by Gasteiger charge is -2.30. The number of hydrogen-bond donors (Lipinski definition) is 3. The number of anilines is 3. The van der Waals surface area contributed by atoms with Crippen molar-refractivity contribution in [3.63, 3.8) is 0 Å². The maximum atomic E-state index is 14.7. The molecule has 1 aliphatic heterocycles. The maximum absolute atomic E-state index is 14.7. The van der Waals surface area contributed by atoms with Crippen molar-refractivity contribution in [3.05, 3.63) is 47.8 Å². The number of sulfonamides is 1. The highest BCUT2D eigenvalue weighted by molar-refractivity contribution is 7.99. The number of rotatable bonds is 12. The summed E-state index contributed by atoms with van der Waals surface area (Å²) in [5.41, 5.74) is 1.50. The highest BCUT2D eigenvalue weighted by atomic mass is 32.2. The van der Waals surface area contributed by atoms with Gasteiger partial charge in [0, 0.05) is 42.4 Å². The van der Waals surface area contributed by atoms with Gasteiger partial charge in [-0.15, -0.1) is 11.8 Å². The topological polar surface area (TPSA) is 90.5 Å². The van der Waals surface area contributed by atoms with E-state index in [2.05, 4.69) is 27.2 Å². The molecule has 35 heavy (non-hydrogen) atoms. The van der Waals surface area contributed by atoms with Gasteiger partial charge in [0.05, 0.1) is 17.5 Å². The van der Waals surface area contributed by atoms with Crippen molar-refractivity contribution in [2.45, 2.75) is 43.9 Å². The van der Waals surface area contributed by atoms with E-state index in [4.69, 9.17) is 0 Å². The van der Waals surface area contributed by atoms with Crippen LogP contribution >= 0.6 is 11.8 Å². The molecule has 0 spiro atoms. The second-order valence-corrected chi connectivity index (χ2v) is 11.6. The van der Waals surface area contributed by atoms with Crippen LogP contribution in [0, 0.1) is 5.82 Å². The summed E-state index contributed by atoms with van der Waals surface area (Å²) >= 11 is 1.48. The van der Waals surface area contributed by atoms with E-state index in [9.17, 15) is 17.6 Å². The normalized spacial score (nSPS) is 14.1. The smallest absolute Gasteiger partial charge is 0.257 e. The number of piperazine rings is 1. The maximum Gasteiger partial charge on any atom is 0.257 e. The van der Waals surface area contributed by atoms with Crippen LogP contribution in [-0.4, -0.2) is 52.5 Å². The van der Waals surface area contributed by atoms with Gasteiger partial charge in [0.1, 0.15) is 5.82 Å². The SMILES string of the molecule is CCCCCCCSc1ccc(NC(=O)c2cc(N3CCNCC3)ccc2NS(C)(=O)=O)cc1F. The number of thioether (sulfide) groups is 1. The van der Waals surface area contributed by atoms with E-state index in [1.165, 1.54) is 37.1 Å². The van der Waals surface area contributed by atoms with E-state index in [-0.39, 0.29) is 17.1 Å². The van der Waals surface area contributed by atoms with Gasteiger partial charge in [-0.25, -0.2) is 12.8 Å². The molecule has 1 fully saturated rings. The third kappa shape index (κ3) is 8.70. The summed E-state index contributed by atoms with van der Waals surface area (Å²) < 4.78 is 40.8. The molecule has 1 amide bonds. The van der Waals surface area contributed by atoms with E-state index in [1.54, 1.807) is 30.3 Å². The largest absolute Gasteiger partial charge is 0.369 e. The van der Waals surface area contributed by atoms with E-state index in [1.807, 2.05) is 0 Å². The first kappa shape index (κ1) is 27.3. The summed E-state index contributed by atoms with van der Waals surface area (Å²) in [6, 6.07) is 9.71. The molecule has 3 rings (SSSR count). The van der Waals surface area contributed by atoms with Gasteiger partial charge in [-0.3, -0.25) is 9.52 Å². The fraction of sp³-hybridized carbons (Fsp3) is 0.480. The lowest BCUT2D eigenvalue weighted by atomic mass is 10.1. The van der Waals surface area contributed by atoms with Crippen LogP contribution in [0.25, 0.3) is 0 Å². The first-order chi connectivity index (χ1) is 16.8. The average molecular weight is 523 g/mol. The molecule has 0 unspecified atom stereocenters. The fourth-order valence-corrected chi connectivity index (χ4v) is 5.42. The lowest BCUT2D eigenvalue weighted by Crippen LogP contribution is -2.43. The minimum atomic E-state index is -3.59. The minimum Gasteiger partial charge on any atom is -0.369 e. The van der Waals surface area contributed by atoms with Gasteiger partial charge in [-0.1, -0.05) is 32.6 Å². The van der Waals surface area contributed by atoms with Crippen LogP contribution in [0.2, 0.25) is 0 Å². The number of amides is 1. The lowest BCUT2D eigenvalue weighted by molar-refractivity contribution is 0.102. The van der Waals surface area contributed by atoms with E-state index in [0.29, 0.717) is 10.6 Å². The van der Waals surface area contributed by atoms with Crippen molar-refractivity contribution < 1.29 is 17.6 Å². The van der Waals surface area contributed by atoms with Gasteiger partial charge >= 0.3 is 0 Å². The number of nitrogens with zero attached hydrogens (tertiary/aromatic N) is 1. The Morgan fingerprint density at radius 3 is 2.51 bits per heavy atom. The van der Waals surface area contributed by atoms with Crippen molar-refractivity contribution in [1.82, 2.24) is 5.32 Å². The van der Waals surface area contributed by atoms with Crippen LogP contribution in [0.1, 0.15) is 49.4 Å². The number of hydrogen-bond acceptors (Lipinski definition) is 6. The van der Waals surface area contributed by atoms with Crippen molar-refractivity contribution in [1.29, 1.82) is 0 Å². The number of carbonyl (C=O) groups is 1. The highest BCUT2D eigenvalue weighted by Gasteiger charge is 2.19. The minimum absolute atomic E-state index is 0.178. The number of unbranched alkanes of at least 4 members (excludes halogenated alkanes) is 4. The summed E-state index contributed by atoms with van der Waals surface area (Å²) in [6.45, 7) is 5.39. The summed E-state index contributed by atoms with van der Waals surface area (Å²) in [4.78, 5) is 15.8. The molecule has 3 N–H and O–H groups in total. The Balaban J connectivity index is 1.72. The zero-order valence-electron chi connectivity index (χ0n) is 20.4. The molecular formula is C25H35FN4O3S2. The second-order valence-electron chi connectivity index (χ2n) is 8.70. The Morgan fingerprint density at radius 2 is 1.83 bits per heavy atom. The Hall–Kier alpha value is -2.30. The molecule has 2 aromatic rings. The molecule has 0 radical (unpaired) electrons. The zero-order valence-corrected chi connectivity index (χ0v) is 22.0. The number of benzene rings is 2. The van der Waals surface area contributed by atoms with Crippen LogP contribution in [0.4, 0.5) is 21.5 Å². The zero-order chi connectivity index (χ0) is 25.3. The van der Waals surface area contributed by atoms with Crippen LogP contribution in [0.3, 0.4) is 0 Å². The molecule has 10 heteroatoms. The molecule has 0 bridgehead atoms. The van der Waals surface area contributed by atoms with Gasteiger partial charge in [-0.2, -0.15) is 0 Å². The Labute approximate surface area is 212 Å². The molecule has 1 aliphatic rings. The van der Waals surface area contributed by atoms with Crippen LogP contribution in [0.5, 0.6) is 0 Å². The van der Waals surface area contributed by atoms with Gasteiger partial charge in [0.25, 0.3) is 5.91 Å². The summed E-state index contributed by atoms with van der Waals surface area (Å²) in [6.07, 6.45) is 6.86. The van der Waals surface area contributed by atoms with Crippen molar-refractivity contribution in [2.24, 2.45) is 0 Å². The van der Waals surface area contributed by atoms with Crippen LogP contribution < -0.4 is 20.3 Å². The van der Waals surface area contributed by atoms with Gasteiger partial charge < -0.3 is 15.5 Å². The van der Waals surface area contributed by atoms with Gasteiger partial charge in [0.15, 0.2) is 0 Å². The first-order valence-corrected chi connectivity index (χ1v) is 15.0. The van der Waals surface area contributed by atoms with E-state index in [0.717, 1.165) is 56.7 Å². The first-order valence-electron chi connectivity index (χ1n) is 12.1. The monoisotopic (exact) mass is 522 g/mol. The molecule has 0 aromatic heterocycles. The molecular weight excluding hydrogens is 487 g/mol.